The first kappa shape index (κ1) is 14.8. The van der Waals surface area contributed by atoms with Gasteiger partial charge in [-0.2, -0.15) is 0 Å². The minimum absolute atomic E-state index is 0.363. The Hall–Kier alpha value is -1.62. The molecule has 0 aliphatic carbocycles. The van der Waals surface area contributed by atoms with Crippen LogP contribution >= 0.6 is 11.3 Å². The van der Waals surface area contributed by atoms with Crippen molar-refractivity contribution < 1.29 is 0 Å². The van der Waals surface area contributed by atoms with Gasteiger partial charge in [-0.1, -0.05) is 19.4 Å². The highest BCUT2D eigenvalue weighted by Gasteiger charge is 2.18. The quantitative estimate of drug-likeness (QED) is 0.885. The van der Waals surface area contributed by atoms with Crippen LogP contribution in [0.5, 0.6) is 0 Å². The van der Waals surface area contributed by atoms with Crippen LogP contribution in [0.2, 0.25) is 0 Å². The van der Waals surface area contributed by atoms with Crippen LogP contribution in [-0.2, 0) is 13.0 Å². The molecular weight excluding hydrogens is 268 g/mol. The van der Waals surface area contributed by atoms with Crippen molar-refractivity contribution in [3.8, 4) is 0 Å². The zero-order valence-corrected chi connectivity index (χ0v) is 13.2. The van der Waals surface area contributed by atoms with E-state index in [-0.39, 0.29) is 0 Å². The summed E-state index contributed by atoms with van der Waals surface area (Å²) in [5.74, 6) is 1.58. The number of nitrogens with zero attached hydrogens (tertiary/aromatic N) is 3. The molecule has 2 aromatic rings. The van der Waals surface area contributed by atoms with Crippen LogP contribution in [0.4, 0.5) is 11.6 Å². The van der Waals surface area contributed by atoms with Crippen molar-refractivity contribution in [1.82, 2.24) is 9.97 Å². The Morgan fingerprint density at radius 2 is 2.15 bits per heavy atom. The first-order chi connectivity index (χ1) is 9.63. The summed E-state index contributed by atoms with van der Waals surface area (Å²) in [6.07, 6.45) is 3.51. The highest BCUT2D eigenvalue weighted by Crippen LogP contribution is 2.27. The average Bonchev–Trinajstić information content (AvgIpc) is 2.91. The van der Waals surface area contributed by atoms with Gasteiger partial charge in [-0.3, -0.25) is 0 Å². The molecule has 0 atom stereocenters. The van der Waals surface area contributed by atoms with Gasteiger partial charge in [-0.15, -0.1) is 11.3 Å². The van der Waals surface area contributed by atoms with Gasteiger partial charge in [0, 0.05) is 16.5 Å². The zero-order chi connectivity index (χ0) is 14.5. The highest BCUT2D eigenvalue weighted by atomic mass is 32.1. The molecule has 2 N–H and O–H groups in total. The lowest BCUT2D eigenvalue weighted by Crippen LogP contribution is -2.32. The molecule has 0 aromatic carbocycles. The fourth-order valence-corrected chi connectivity index (χ4v) is 2.93. The van der Waals surface area contributed by atoms with E-state index in [2.05, 4.69) is 53.2 Å². The van der Waals surface area contributed by atoms with Crippen molar-refractivity contribution in [3.05, 3.63) is 34.3 Å². The number of aromatic nitrogens is 2. The zero-order valence-electron chi connectivity index (χ0n) is 12.3. The van der Waals surface area contributed by atoms with Crippen LogP contribution in [0.25, 0.3) is 0 Å². The van der Waals surface area contributed by atoms with E-state index >= 15 is 0 Å². The largest absolute Gasteiger partial charge is 0.383 e. The summed E-state index contributed by atoms with van der Waals surface area (Å²) in [7, 11) is 0. The van der Waals surface area contributed by atoms with Crippen LogP contribution in [0, 0.1) is 0 Å². The van der Waals surface area contributed by atoms with Crippen LogP contribution in [0.15, 0.2) is 23.8 Å². The number of hydrogen-bond acceptors (Lipinski definition) is 5. The molecule has 2 rings (SSSR count). The molecule has 0 fully saturated rings. The third-order valence-electron chi connectivity index (χ3n) is 3.26. The van der Waals surface area contributed by atoms with Gasteiger partial charge in [0.15, 0.2) is 0 Å². The second kappa shape index (κ2) is 6.70. The van der Waals surface area contributed by atoms with Crippen molar-refractivity contribution in [2.45, 2.75) is 46.2 Å². The van der Waals surface area contributed by atoms with Gasteiger partial charge in [-0.05, 0) is 31.7 Å². The molecule has 0 saturated carbocycles. The lowest BCUT2D eigenvalue weighted by Gasteiger charge is -2.29. The molecule has 0 spiro atoms. The summed E-state index contributed by atoms with van der Waals surface area (Å²) >= 11 is 1.77. The molecule has 2 heterocycles. The topological polar surface area (TPSA) is 55.0 Å². The van der Waals surface area contributed by atoms with Gasteiger partial charge in [0.05, 0.1) is 6.54 Å². The van der Waals surface area contributed by atoms with Gasteiger partial charge in [0.2, 0.25) is 0 Å². The minimum atomic E-state index is 0.363. The number of anilines is 2. The number of thiophene rings is 1. The summed E-state index contributed by atoms with van der Waals surface area (Å²) in [6, 6.07) is 4.60. The minimum Gasteiger partial charge on any atom is -0.383 e. The summed E-state index contributed by atoms with van der Waals surface area (Å²) in [5, 5.41) is 2.11. The maximum atomic E-state index is 6.04. The monoisotopic (exact) mass is 290 g/mol. The highest BCUT2D eigenvalue weighted by molar-refractivity contribution is 7.09. The van der Waals surface area contributed by atoms with E-state index in [1.54, 1.807) is 17.7 Å². The molecule has 5 heteroatoms. The Balaban J connectivity index is 2.36. The molecule has 4 nitrogen and oxygen atoms in total. The lowest BCUT2D eigenvalue weighted by atomic mass is 10.1. The molecule has 108 valence electrons. The van der Waals surface area contributed by atoms with E-state index in [4.69, 9.17) is 5.73 Å². The summed E-state index contributed by atoms with van der Waals surface area (Å²) < 4.78 is 0. The molecule has 0 amide bonds. The van der Waals surface area contributed by atoms with E-state index in [0.29, 0.717) is 11.9 Å². The number of rotatable bonds is 6. The van der Waals surface area contributed by atoms with Crippen molar-refractivity contribution in [3.63, 3.8) is 0 Å². The number of nitrogens with two attached hydrogens (primary N) is 1. The van der Waals surface area contributed by atoms with E-state index in [0.717, 1.165) is 30.8 Å². The second-order valence-corrected chi connectivity index (χ2v) is 6.14. The Kier molecular flexibility index (Phi) is 4.95. The number of nitrogen functional groups attached to an aromatic ring is 1. The smallest absolute Gasteiger partial charge is 0.137 e. The molecule has 0 aliphatic rings. The molecule has 2 aromatic heterocycles. The first-order valence-corrected chi connectivity index (χ1v) is 7.89. The lowest BCUT2D eigenvalue weighted by molar-refractivity contribution is 0.669. The first-order valence-electron chi connectivity index (χ1n) is 7.01. The summed E-state index contributed by atoms with van der Waals surface area (Å²) in [5.41, 5.74) is 7.11. The molecule has 0 aliphatic heterocycles. The van der Waals surface area contributed by atoms with E-state index in [9.17, 15) is 0 Å². The Morgan fingerprint density at radius 3 is 2.75 bits per heavy atom. The molecule has 20 heavy (non-hydrogen) atoms. The van der Waals surface area contributed by atoms with Gasteiger partial charge >= 0.3 is 0 Å². The molecule has 0 bridgehead atoms. The normalized spacial score (nSPS) is 11.0. The van der Waals surface area contributed by atoms with E-state index in [1.807, 2.05) is 0 Å². The van der Waals surface area contributed by atoms with Crippen molar-refractivity contribution in [2.24, 2.45) is 0 Å². The molecule has 0 radical (unpaired) electrons. The molecule has 0 unspecified atom stereocenters. The van der Waals surface area contributed by atoms with Crippen LogP contribution in [0.1, 0.15) is 37.6 Å². The van der Waals surface area contributed by atoms with Crippen LogP contribution in [-0.4, -0.2) is 16.0 Å². The maximum Gasteiger partial charge on any atom is 0.137 e. The standard InChI is InChI=1S/C15H22N4S/c1-4-6-13-14(16)17-10-18-15(13)19(11(2)3)9-12-7-5-8-20-12/h5,7-8,10-11H,4,6,9H2,1-3H3,(H2,16,17,18). The Morgan fingerprint density at radius 1 is 1.35 bits per heavy atom. The van der Waals surface area contributed by atoms with Gasteiger partial charge in [0.1, 0.15) is 18.0 Å². The second-order valence-electron chi connectivity index (χ2n) is 5.11. The van der Waals surface area contributed by atoms with Gasteiger partial charge in [0.25, 0.3) is 0 Å². The summed E-state index contributed by atoms with van der Waals surface area (Å²) in [4.78, 5) is 12.3. The van der Waals surface area contributed by atoms with Crippen LogP contribution < -0.4 is 10.6 Å². The summed E-state index contributed by atoms with van der Waals surface area (Å²) in [6.45, 7) is 7.38. The van der Waals surface area contributed by atoms with Gasteiger partial charge in [-0.25, -0.2) is 9.97 Å². The third-order valence-corrected chi connectivity index (χ3v) is 4.12. The van der Waals surface area contributed by atoms with Crippen molar-refractivity contribution >= 4 is 23.0 Å². The molecular formula is C15H22N4S. The van der Waals surface area contributed by atoms with Gasteiger partial charge < -0.3 is 10.6 Å². The van der Waals surface area contributed by atoms with Crippen molar-refractivity contribution in [2.75, 3.05) is 10.6 Å². The Bertz CT molecular complexity index is 537. The fraction of sp³-hybridized carbons (Fsp3) is 0.467. The van der Waals surface area contributed by atoms with Crippen LogP contribution in [0.3, 0.4) is 0 Å². The van der Waals surface area contributed by atoms with E-state index in [1.165, 1.54) is 4.88 Å². The predicted octanol–water partition coefficient (Wildman–Crippen LogP) is 3.49. The SMILES string of the molecule is CCCc1c(N)ncnc1N(Cc1cccs1)C(C)C. The average molecular weight is 290 g/mol. The maximum absolute atomic E-state index is 6.04. The molecule has 0 saturated heterocycles. The van der Waals surface area contributed by atoms with Crippen molar-refractivity contribution in [1.29, 1.82) is 0 Å². The Labute approximate surface area is 124 Å². The van der Waals surface area contributed by atoms with E-state index < -0.39 is 0 Å². The third kappa shape index (κ3) is 3.28. The number of hydrogen-bond donors (Lipinski definition) is 1. The predicted molar refractivity (Wildman–Crippen MR) is 86.1 cm³/mol. The fourth-order valence-electron chi connectivity index (χ4n) is 2.23.